The van der Waals surface area contributed by atoms with Crippen LogP contribution in [0.3, 0.4) is 0 Å². The zero-order valence-electron chi connectivity index (χ0n) is 10.8. The van der Waals surface area contributed by atoms with Crippen molar-refractivity contribution in [2.24, 2.45) is 0 Å². The van der Waals surface area contributed by atoms with Gasteiger partial charge < -0.3 is 10.4 Å². The molecule has 0 aromatic heterocycles. The minimum absolute atomic E-state index is 0.318. The minimum atomic E-state index is -0.673. The lowest BCUT2D eigenvalue weighted by atomic mass is 9.95. The van der Waals surface area contributed by atoms with Crippen LogP contribution in [0.1, 0.15) is 51.4 Å². The summed E-state index contributed by atoms with van der Waals surface area (Å²) in [4.78, 5) is 10.3. The number of nitrogens with one attached hydrogen (secondary N) is 1. The minimum Gasteiger partial charge on any atom is -0.481 e. The van der Waals surface area contributed by atoms with E-state index in [9.17, 15) is 4.79 Å². The molecule has 0 unspecified atom stereocenters. The Labute approximate surface area is 109 Å². The molecular formula is C13H25NO2S. The molecular weight excluding hydrogens is 234 g/mol. The molecule has 0 amide bonds. The molecule has 0 radical (unpaired) electrons. The molecule has 0 saturated heterocycles. The zero-order valence-corrected chi connectivity index (χ0v) is 11.6. The van der Waals surface area contributed by atoms with Gasteiger partial charge in [-0.25, -0.2) is 0 Å². The molecule has 1 aliphatic rings. The molecule has 2 N–H and O–H groups in total. The Bertz CT molecular complexity index is 215. The van der Waals surface area contributed by atoms with Crippen molar-refractivity contribution < 1.29 is 9.90 Å². The summed E-state index contributed by atoms with van der Waals surface area (Å²) in [6.07, 6.45) is 10.8. The Hall–Kier alpha value is -0.220. The predicted octanol–water partition coefficient (Wildman–Crippen LogP) is 2.90. The molecule has 1 aliphatic carbocycles. The topological polar surface area (TPSA) is 49.3 Å². The maximum atomic E-state index is 10.3. The molecule has 0 aromatic carbocycles. The molecule has 0 bridgehead atoms. The number of rotatable bonds is 8. The van der Waals surface area contributed by atoms with Gasteiger partial charge in [-0.1, -0.05) is 6.42 Å². The zero-order chi connectivity index (χ0) is 12.5. The Balaban J connectivity index is 1.91. The van der Waals surface area contributed by atoms with Gasteiger partial charge in [0.15, 0.2) is 0 Å². The molecule has 100 valence electrons. The lowest BCUT2D eigenvalue weighted by Gasteiger charge is -2.28. The number of hydrogen-bond acceptors (Lipinski definition) is 3. The van der Waals surface area contributed by atoms with Gasteiger partial charge in [0.05, 0.1) is 0 Å². The largest absolute Gasteiger partial charge is 0.481 e. The van der Waals surface area contributed by atoms with Crippen molar-refractivity contribution >= 4 is 17.7 Å². The van der Waals surface area contributed by atoms with E-state index in [1.165, 1.54) is 25.7 Å². The summed E-state index contributed by atoms with van der Waals surface area (Å²) in [6, 6.07) is 0.706. The van der Waals surface area contributed by atoms with E-state index in [2.05, 4.69) is 11.6 Å². The van der Waals surface area contributed by atoms with E-state index in [-0.39, 0.29) is 0 Å². The summed E-state index contributed by atoms with van der Waals surface area (Å²) < 4.78 is 0. The van der Waals surface area contributed by atoms with Crippen LogP contribution >= 0.6 is 11.8 Å². The molecule has 0 heterocycles. The van der Waals surface area contributed by atoms with E-state index < -0.39 is 5.97 Å². The number of aliphatic carboxylic acids is 1. The first-order valence-corrected chi connectivity index (χ1v) is 7.99. The first-order chi connectivity index (χ1) is 8.22. The number of carboxylic acid groups (broad SMARTS) is 1. The maximum Gasteiger partial charge on any atom is 0.303 e. The van der Waals surface area contributed by atoms with E-state index >= 15 is 0 Å². The van der Waals surface area contributed by atoms with Crippen LogP contribution in [0.2, 0.25) is 0 Å². The van der Waals surface area contributed by atoms with Gasteiger partial charge in [0.25, 0.3) is 0 Å². The molecule has 0 aliphatic heterocycles. The van der Waals surface area contributed by atoms with Crippen LogP contribution in [0.5, 0.6) is 0 Å². The van der Waals surface area contributed by atoms with Gasteiger partial charge in [-0.15, -0.1) is 0 Å². The molecule has 17 heavy (non-hydrogen) atoms. The standard InChI is InChI=1S/C13H25NO2S/c1-17-12-8-6-11(7-9-12)14-10-4-2-3-5-13(15)16/h11-12,14H,2-10H2,1H3,(H,15,16). The molecule has 0 atom stereocenters. The maximum absolute atomic E-state index is 10.3. The summed E-state index contributed by atoms with van der Waals surface area (Å²) in [6.45, 7) is 1.05. The average Bonchev–Trinajstić information content (AvgIpc) is 2.34. The number of carboxylic acids is 1. The number of unbranched alkanes of at least 4 members (excludes halogenated alkanes) is 2. The molecule has 1 fully saturated rings. The predicted molar refractivity (Wildman–Crippen MR) is 73.7 cm³/mol. The fraction of sp³-hybridized carbons (Fsp3) is 0.923. The van der Waals surface area contributed by atoms with Crippen molar-refractivity contribution in [2.75, 3.05) is 12.8 Å². The Kier molecular flexibility index (Phi) is 7.69. The summed E-state index contributed by atoms with van der Waals surface area (Å²) in [5, 5.41) is 13.0. The van der Waals surface area contributed by atoms with Crippen molar-refractivity contribution in [3.8, 4) is 0 Å². The van der Waals surface area contributed by atoms with Crippen LogP contribution in [-0.2, 0) is 4.79 Å². The van der Waals surface area contributed by atoms with E-state index in [4.69, 9.17) is 5.11 Å². The summed E-state index contributed by atoms with van der Waals surface area (Å²) in [7, 11) is 0. The highest BCUT2D eigenvalue weighted by molar-refractivity contribution is 7.99. The van der Waals surface area contributed by atoms with Crippen LogP contribution in [-0.4, -0.2) is 35.2 Å². The summed E-state index contributed by atoms with van der Waals surface area (Å²) in [5.74, 6) is -0.673. The second-order valence-corrected chi connectivity index (χ2v) is 6.01. The van der Waals surface area contributed by atoms with E-state index in [0.717, 1.165) is 31.1 Å². The highest BCUT2D eigenvalue weighted by Crippen LogP contribution is 2.26. The van der Waals surface area contributed by atoms with E-state index in [1.807, 2.05) is 11.8 Å². The Morgan fingerprint density at radius 3 is 2.53 bits per heavy atom. The van der Waals surface area contributed by atoms with Gasteiger partial charge in [-0.05, 0) is 51.3 Å². The van der Waals surface area contributed by atoms with Crippen molar-refractivity contribution in [1.29, 1.82) is 0 Å². The van der Waals surface area contributed by atoms with Gasteiger partial charge in [-0.3, -0.25) is 4.79 Å². The van der Waals surface area contributed by atoms with Gasteiger partial charge in [0, 0.05) is 17.7 Å². The van der Waals surface area contributed by atoms with Gasteiger partial charge in [-0.2, -0.15) is 11.8 Å². The van der Waals surface area contributed by atoms with Crippen LogP contribution in [0.25, 0.3) is 0 Å². The van der Waals surface area contributed by atoms with Crippen molar-refractivity contribution in [2.45, 2.75) is 62.7 Å². The summed E-state index contributed by atoms with van der Waals surface area (Å²) >= 11 is 2.00. The normalized spacial score (nSPS) is 24.8. The number of carbonyl (C=O) groups is 1. The van der Waals surface area contributed by atoms with Crippen LogP contribution in [0.4, 0.5) is 0 Å². The molecule has 0 spiro atoms. The second-order valence-electron chi connectivity index (χ2n) is 4.87. The van der Waals surface area contributed by atoms with E-state index in [1.54, 1.807) is 0 Å². The third kappa shape index (κ3) is 6.94. The lowest BCUT2D eigenvalue weighted by molar-refractivity contribution is -0.137. The molecule has 1 saturated carbocycles. The monoisotopic (exact) mass is 259 g/mol. The first-order valence-electron chi connectivity index (χ1n) is 6.70. The van der Waals surface area contributed by atoms with Crippen LogP contribution in [0.15, 0.2) is 0 Å². The fourth-order valence-electron chi connectivity index (χ4n) is 2.39. The third-order valence-corrected chi connectivity index (χ3v) is 4.65. The number of hydrogen-bond donors (Lipinski definition) is 2. The van der Waals surface area contributed by atoms with Gasteiger partial charge in [0.1, 0.15) is 0 Å². The number of thioether (sulfide) groups is 1. The van der Waals surface area contributed by atoms with Crippen molar-refractivity contribution in [3.05, 3.63) is 0 Å². The quantitative estimate of drug-likeness (QED) is 0.658. The second kappa shape index (κ2) is 8.81. The van der Waals surface area contributed by atoms with Gasteiger partial charge in [0.2, 0.25) is 0 Å². The SMILES string of the molecule is CSC1CCC(NCCCCCC(=O)O)CC1. The first kappa shape index (κ1) is 14.8. The van der Waals surface area contributed by atoms with Crippen molar-refractivity contribution in [1.82, 2.24) is 5.32 Å². The molecule has 0 aromatic rings. The van der Waals surface area contributed by atoms with Crippen LogP contribution in [0, 0.1) is 0 Å². The summed E-state index contributed by atoms with van der Waals surface area (Å²) in [5.41, 5.74) is 0. The van der Waals surface area contributed by atoms with Crippen LogP contribution < -0.4 is 5.32 Å². The fourth-order valence-corrected chi connectivity index (χ4v) is 3.13. The van der Waals surface area contributed by atoms with E-state index in [0.29, 0.717) is 12.5 Å². The smallest absolute Gasteiger partial charge is 0.303 e. The molecule has 1 rings (SSSR count). The highest BCUT2D eigenvalue weighted by Gasteiger charge is 2.19. The average molecular weight is 259 g/mol. The molecule has 4 heteroatoms. The third-order valence-electron chi connectivity index (χ3n) is 3.51. The van der Waals surface area contributed by atoms with Crippen molar-refractivity contribution in [3.63, 3.8) is 0 Å². The Morgan fingerprint density at radius 1 is 1.24 bits per heavy atom. The molecule has 3 nitrogen and oxygen atoms in total. The van der Waals surface area contributed by atoms with Gasteiger partial charge >= 0.3 is 5.97 Å². The Morgan fingerprint density at radius 2 is 1.94 bits per heavy atom. The lowest BCUT2D eigenvalue weighted by Crippen LogP contribution is -2.34. The highest BCUT2D eigenvalue weighted by atomic mass is 32.2.